The van der Waals surface area contributed by atoms with E-state index in [0.717, 1.165) is 23.2 Å². The van der Waals surface area contributed by atoms with Gasteiger partial charge in [-0.2, -0.15) is 4.98 Å². The lowest BCUT2D eigenvalue weighted by molar-refractivity contribution is -0.137. The zero-order valence-electron chi connectivity index (χ0n) is 17.2. The number of aliphatic carboxylic acids is 1. The quantitative estimate of drug-likeness (QED) is 0.523. The molecule has 0 saturated carbocycles. The molecule has 2 heterocycles. The van der Waals surface area contributed by atoms with Gasteiger partial charge >= 0.3 is 5.97 Å². The van der Waals surface area contributed by atoms with E-state index in [4.69, 9.17) is 26.0 Å². The number of hydrogen-bond donors (Lipinski definition) is 1. The van der Waals surface area contributed by atoms with Crippen LogP contribution in [0.15, 0.2) is 40.9 Å². The number of hydrogen-bond acceptors (Lipinski definition) is 6. The summed E-state index contributed by atoms with van der Waals surface area (Å²) < 4.78 is 11.1. The molecule has 1 aliphatic rings. The predicted octanol–water partition coefficient (Wildman–Crippen LogP) is 5.06. The number of carboxylic acids is 1. The Balaban J connectivity index is 0.00000272. The average Bonchev–Trinajstić information content (AvgIpc) is 3.33. The molecule has 1 N–H and O–H groups in total. The number of nitrogens with zero attached hydrogens (tertiary/aromatic N) is 3. The van der Waals surface area contributed by atoms with Crippen molar-refractivity contribution in [1.82, 2.24) is 15.0 Å². The number of halogens is 2. The maximum absolute atomic E-state index is 10.8. The summed E-state index contributed by atoms with van der Waals surface area (Å²) in [5.74, 6) is 0.709. The van der Waals surface area contributed by atoms with E-state index in [2.05, 4.69) is 15.0 Å². The molecule has 0 bridgehead atoms. The van der Waals surface area contributed by atoms with Crippen LogP contribution in [0.2, 0.25) is 5.02 Å². The van der Waals surface area contributed by atoms with Crippen molar-refractivity contribution < 1.29 is 19.2 Å². The molecule has 0 radical (unpaired) electrons. The van der Waals surface area contributed by atoms with E-state index >= 15 is 0 Å². The molecule has 7 nitrogen and oxygen atoms in total. The van der Waals surface area contributed by atoms with Gasteiger partial charge in [0.05, 0.1) is 17.5 Å². The van der Waals surface area contributed by atoms with Crippen LogP contribution in [-0.4, -0.2) is 38.8 Å². The molecule has 0 aliphatic carbocycles. The van der Waals surface area contributed by atoms with Crippen LogP contribution in [0.25, 0.3) is 22.8 Å². The van der Waals surface area contributed by atoms with Gasteiger partial charge in [0.1, 0.15) is 5.75 Å². The summed E-state index contributed by atoms with van der Waals surface area (Å²) in [4.78, 5) is 17.4. The molecular weight excluding hydrogens is 441 g/mol. The van der Waals surface area contributed by atoms with Crippen LogP contribution in [-0.2, 0) is 17.9 Å². The van der Waals surface area contributed by atoms with Gasteiger partial charge in [-0.3, -0.25) is 9.69 Å². The second-order valence-electron chi connectivity index (χ2n) is 7.57. The molecule has 0 fully saturated rings. The molecule has 9 heteroatoms. The van der Waals surface area contributed by atoms with Crippen LogP contribution in [0.1, 0.15) is 31.4 Å². The Morgan fingerprint density at radius 3 is 2.65 bits per heavy atom. The van der Waals surface area contributed by atoms with Gasteiger partial charge in [0.15, 0.2) is 0 Å². The fraction of sp³-hybridized carbons (Fsp3) is 0.318. The van der Waals surface area contributed by atoms with E-state index in [0.29, 0.717) is 35.6 Å². The fourth-order valence-electron chi connectivity index (χ4n) is 3.46. The Hall–Kier alpha value is -2.61. The van der Waals surface area contributed by atoms with Crippen molar-refractivity contribution in [3.63, 3.8) is 0 Å². The van der Waals surface area contributed by atoms with E-state index < -0.39 is 5.97 Å². The highest BCUT2D eigenvalue weighted by molar-refractivity contribution is 6.32. The van der Waals surface area contributed by atoms with E-state index in [1.54, 1.807) is 12.1 Å². The van der Waals surface area contributed by atoms with Crippen molar-refractivity contribution in [3.05, 3.63) is 52.5 Å². The summed E-state index contributed by atoms with van der Waals surface area (Å²) in [6.07, 6.45) is 0.169. The summed E-state index contributed by atoms with van der Waals surface area (Å²) in [6.45, 7) is 5.88. The molecule has 0 amide bonds. The van der Waals surface area contributed by atoms with Gasteiger partial charge in [-0.05, 0) is 55.3 Å². The second-order valence-corrected chi connectivity index (χ2v) is 7.98. The molecule has 0 saturated heterocycles. The van der Waals surface area contributed by atoms with E-state index in [1.165, 1.54) is 5.56 Å². The third-order valence-electron chi connectivity index (χ3n) is 4.86. The molecule has 31 heavy (non-hydrogen) atoms. The van der Waals surface area contributed by atoms with Gasteiger partial charge in [-0.15, -0.1) is 12.4 Å². The number of aromatic nitrogens is 2. The number of fused-ring (bicyclic) bond motifs is 1. The first-order valence-corrected chi connectivity index (χ1v) is 10.1. The van der Waals surface area contributed by atoms with Crippen molar-refractivity contribution in [2.24, 2.45) is 0 Å². The van der Waals surface area contributed by atoms with Crippen LogP contribution >= 0.6 is 24.0 Å². The maximum atomic E-state index is 10.8. The van der Waals surface area contributed by atoms with Crippen LogP contribution in [0.4, 0.5) is 0 Å². The van der Waals surface area contributed by atoms with Gasteiger partial charge in [0.2, 0.25) is 5.82 Å². The number of carbonyl (C=O) groups is 1. The standard InChI is InChI=1S/C22H22ClN3O4.ClH/c1-13(2)29-19-6-5-14(10-18(19)23)21-24-22(30-25-21)15-3-4-16-11-26(8-7-20(27)28)12-17(16)9-15;/h3-6,9-10,13H,7-8,11-12H2,1-2H3,(H,27,28);1H. The Bertz CT molecular complexity index is 1080. The lowest BCUT2D eigenvalue weighted by atomic mass is 10.1. The van der Waals surface area contributed by atoms with Crippen LogP contribution in [0.3, 0.4) is 0 Å². The van der Waals surface area contributed by atoms with Gasteiger partial charge in [-0.1, -0.05) is 22.8 Å². The zero-order valence-corrected chi connectivity index (χ0v) is 18.7. The topological polar surface area (TPSA) is 88.7 Å². The maximum Gasteiger partial charge on any atom is 0.304 e. The van der Waals surface area contributed by atoms with E-state index in [-0.39, 0.29) is 24.9 Å². The van der Waals surface area contributed by atoms with Crippen LogP contribution in [0.5, 0.6) is 5.75 Å². The van der Waals surface area contributed by atoms with Crippen molar-refractivity contribution in [2.45, 2.75) is 39.5 Å². The zero-order chi connectivity index (χ0) is 21.3. The highest BCUT2D eigenvalue weighted by Gasteiger charge is 2.21. The summed E-state index contributed by atoms with van der Waals surface area (Å²) in [5, 5.41) is 13.5. The highest BCUT2D eigenvalue weighted by atomic mass is 35.5. The van der Waals surface area contributed by atoms with Crippen LogP contribution in [0, 0.1) is 0 Å². The van der Waals surface area contributed by atoms with Gasteiger partial charge < -0.3 is 14.4 Å². The van der Waals surface area contributed by atoms with Crippen molar-refractivity contribution >= 4 is 30.0 Å². The lowest BCUT2D eigenvalue weighted by Gasteiger charge is -2.12. The summed E-state index contributed by atoms with van der Waals surface area (Å²) >= 11 is 6.32. The molecule has 2 aromatic carbocycles. The first-order valence-electron chi connectivity index (χ1n) is 9.75. The molecule has 0 spiro atoms. The normalized spacial score (nSPS) is 13.2. The van der Waals surface area contributed by atoms with E-state index in [1.807, 2.05) is 38.1 Å². The second kappa shape index (κ2) is 9.68. The van der Waals surface area contributed by atoms with Gasteiger partial charge in [-0.25, -0.2) is 0 Å². The molecule has 164 valence electrons. The summed E-state index contributed by atoms with van der Waals surface area (Å²) in [5.41, 5.74) is 3.91. The van der Waals surface area contributed by atoms with Gasteiger partial charge in [0, 0.05) is 30.8 Å². The summed E-state index contributed by atoms with van der Waals surface area (Å²) in [6, 6.07) is 11.4. The lowest BCUT2D eigenvalue weighted by Crippen LogP contribution is -2.20. The predicted molar refractivity (Wildman–Crippen MR) is 120 cm³/mol. The van der Waals surface area contributed by atoms with Crippen molar-refractivity contribution in [2.75, 3.05) is 6.54 Å². The Morgan fingerprint density at radius 2 is 1.94 bits per heavy atom. The molecule has 4 rings (SSSR count). The SMILES string of the molecule is CC(C)Oc1ccc(-c2noc(-c3ccc4c(c3)CN(CCC(=O)O)C4)n2)cc1Cl.Cl. The number of rotatable bonds is 7. The fourth-order valence-corrected chi connectivity index (χ4v) is 3.68. The van der Waals surface area contributed by atoms with Crippen molar-refractivity contribution in [3.8, 4) is 28.6 Å². The Labute approximate surface area is 191 Å². The highest BCUT2D eigenvalue weighted by Crippen LogP contribution is 2.32. The first kappa shape index (κ1) is 23.1. The monoisotopic (exact) mass is 463 g/mol. The largest absolute Gasteiger partial charge is 0.489 e. The summed E-state index contributed by atoms with van der Waals surface area (Å²) in [7, 11) is 0. The minimum atomic E-state index is -0.783. The third-order valence-corrected chi connectivity index (χ3v) is 5.16. The van der Waals surface area contributed by atoms with E-state index in [9.17, 15) is 4.79 Å². The smallest absolute Gasteiger partial charge is 0.304 e. The third kappa shape index (κ3) is 5.36. The average molecular weight is 464 g/mol. The molecule has 0 unspecified atom stereocenters. The number of carboxylic acid groups (broad SMARTS) is 1. The Kier molecular flexibility index (Phi) is 7.20. The van der Waals surface area contributed by atoms with Crippen LogP contribution < -0.4 is 4.74 Å². The molecular formula is C22H23Cl2N3O4. The minimum Gasteiger partial charge on any atom is -0.489 e. The molecule has 1 aromatic heterocycles. The Morgan fingerprint density at radius 1 is 1.19 bits per heavy atom. The molecule has 1 aliphatic heterocycles. The first-order chi connectivity index (χ1) is 14.4. The van der Waals surface area contributed by atoms with Gasteiger partial charge in [0.25, 0.3) is 5.89 Å². The molecule has 0 atom stereocenters. The van der Waals surface area contributed by atoms with Crippen molar-refractivity contribution in [1.29, 1.82) is 0 Å². The number of benzene rings is 2. The minimum absolute atomic E-state index is 0. The number of ether oxygens (including phenoxy) is 1. The molecule has 3 aromatic rings.